The summed E-state index contributed by atoms with van der Waals surface area (Å²) in [5.41, 5.74) is 7.75. The first kappa shape index (κ1) is 18.9. The van der Waals surface area contributed by atoms with Gasteiger partial charge < -0.3 is 5.11 Å². The number of fused-ring (bicyclic) bond motifs is 5. The SMILES string of the molecule is CC(C)(O)c1c(Cl)cccc1-c1cccc2c1-c1ccccc1C21CCCCC1. The summed E-state index contributed by atoms with van der Waals surface area (Å²) < 4.78 is 0. The number of hydrogen-bond acceptors (Lipinski definition) is 1. The molecule has 29 heavy (non-hydrogen) atoms. The summed E-state index contributed by atoms with van der Waals surface area (Å²) in [6, 6.07) is 21.6. The largest absolute Gasteiger partial charge is 0.386 e. The molecule has 0 saturated heterocycles. The van der Waals surface area contributed by atoms with Crippen LogP contribution in [0.4, 0.5) is 0 Å². The van der Waals surface area contributed by atoms with Gasteiger partial charge in [0.25, 0.3) is 0 Å². The third kappa shape index (κ3) is 2.79. The lowest BCUT2D eigenvalue weighted by molar-refractivity contribution is 0.0793. The smallest absolute Gasteiger partial charge is 0.0860 e. The van der Waals surface area contributed by atoms with Crippen molar-refractivity contribution < 1.29 is 5.11 Å². The zero-order valence-electron chi connectivity index (χ0n) is 17.1. The number of hydrogen-bond donors (Lipinski definition) is 1. The summed E-state index contributed by atoms with van der Waals surface area (Å²) in [6.45, 7) is 3.63. The summed E-state index contributed by atoms with van der Waals surface area (Å²) in [6.07, 6.45) is 6.33. The zero-order chi connectivity index (χ0) is 20.2. The van der Waals surface area contributed by atoms with Crippen LogP contribution in [0.15, 0.2) is 60.7 Å². The van der Waals surface area contributed by atoms with Gasteiger partial charge in [0, 0.05) is 16.0 Å². The van der Waals surface area contributed by atoms with E-state index in [1.54, 1.807) is 0 Å². The van der Waals surface area contributed by atoms with Gasteiger partial charge in [-0.15, -0.1) is 0 Å². The van der Waals surface area contributed by atoms with Crippen molar-refractivity contribution in [1.82, 2.24) is 0 Å². The highest BCUT2D eigenvalue weighted by Gasteiger charge is 2.44. The molecule has 3 aromatic carbocycles. The molecule has 0 bridgehead atoms. The quantitative estimate of drug-likeness (QED) is 0.471. The fourth-order valence-corrected chi connectivity index (χ4v) is 6.20. The van der Waals surface area contributed by atoms with Gasteiger partial charge in [0.1, 0.15) is 0 Å². The molecule has 1 nitrogen and oxygen atoms in total. The maximum absolute atomic E-state index is 10.9. The molecule has 2 aliphatic rings. The van der Waals surface area contributed by atoms with Gasteiger partial charge >= 0.3 is 0 Å². The van der Waals surface area contributed by atoms with Crippen molar-refractivity contribution in [3.63, 3.8) is 0 Å². The Morgan fingerprint density at radius 3 is 2.14 bits per heavy atom. The van der Waals surface area contributed by atoms with Crippen LogP contribution in [0.1, 0.15) is 62.6 Å². The van der Waals surface area contributed by atoms with Crippen LogP contribution in [-0.2, 0) is 11.0 Å². The third-order valence-corrected chi connectivity index (χ3v) is 7.23. The van der Waals surface area contributed by atoms with E-state index in [2.05, 4.69) is 48.5 Å². The van der Waals surface area contributed by atoms with Crippen LogP contribution in [0, 0.1) is 0 Å². The average Bonchev–Trinajstić information content (AvgIpc) is 2.98. The summed E-state index contributed by atoms with van der Waals surface area (Å²) >= 11 is 6.60. The predicted molar refractivity (Wildman–Crippen MR) is 121 cm³/mol. The van der Waals surface area contributed by atoms with E-state index in [4.69, 9.17) is 11.6 Å². The van der Waals surface area contributed by atoms with E-state index in [-0.39, 0.29) is 5.41 Å². The second-order valence-electron chi connectivity index (χ2n) is 9.14. The topological polar surface area (TPSA) is 20.2 Å². The van der Waals surface area contributed by atoms with Crippen molar-refractivity contribution in [3.05, 3.63) is 82.4 Å². The monoisotopic (exact) mass is 402 g/mol. The summed E-state index contributed by atoms with van der Waals surface area (Å²) in [4.78, 5) is 0. The molecule has 2 aliphatic carbocycles. The minimum atomic E-state index is -1.02. The molecule has 1 saturated carbocycles. The van der Waals surface area contributed by atoms with Crippen LogP contribution < -0.4 is 0 Å². The number of halogens is 1. The van der Waals surface area contributed by atoms with Gasteiger partial charge in [-0.1, -0.05) is 85.5 Å². The first-order valence-electron chi connectivity index (χ1n) is 10.7. The lowest BCUT2D eigenvalue weighted by Gasteiger charge is -2.36. The van der Waals surface area contributed by atoms with E-state index < -0.39 is 5.60 Å². The molecular formula is C27H27ClO. The van der Waals surface area contributed by atoms with Gasteiger partial charge in [0.2, 0.25) is 0 Å². The molecule has 0 aliphatic heterocycles. The Morgan fingerprint density at radius 1 is 0.759 bits per heavy atom. The number of benzene rings is 3. The minimum Gasteiger partial charge on any atom is -0.386 e. The maximum atomic E-state index is 10.9. The van der Waals surface area contributed by atoms with E-state index in [0.29, 0.717) is 5.02 Å². The van der Waals surface area contributed by atoms with Gasteiger partial charge in [0.05, 0.1) is 5.60 Å². The summed E-state index contributed by atoms with van der Waals surface area (Å²) in [5, 5.41) is 11.5. The summed E-state index contributed by atoms with van der Waals surface area (Å²) in [5.74, 6) is 0. The predicted octanol–water partition coefficient (Wildman–Crippen LogP) is 7.47. The first-order chi connectivity index (χ1) is 13.9. The van der Waals surface area contributed by atoms with Crippen LogP contribution in [0.25, 0.3) is 22.3 Å². The van der Waals surface area contributed by atoms with Gasteiger partial charge in [0.15, 0.2) is 0 Å². The lowest BCUT2D eigenvalue weighted by atomic mass is 9.67. The van der Waals surface area contributed by atoms with Crippen LogP contribution in [-0.4, -0.2) is 5.11 Å². The minimum absolute atomic E-state index is 0.133. The standard InChI is InChI=1S/C27H27ClO/c1-26(2,29)25-19(12-9-15-23(25)28)18-11-8-14-22-24(18)20-10-4-5-13-21(20)27(22)16-6-3-7-17-27/h4-5,8-15,29H,3,6-7,16-17H2,1-2H3. The van der Waals surface area contributed by atoms with Crippen molar-refractivity contribution in [2.75, 3.05) is 0 Å². The Bertz CT molecular complexity index is 1080. The van der Waals surface area contributed by atoms with Crippen LogP contribution in [0.3, 0.4) is 0 Å². The van der Waals surface area contributed by atoms with E-state index >= 15 is 0 Å². The average molecular weight is 403 g/mol. The molecule has 1 N–H and O–H groups in total. The van der Waals surface area contributed by atoms with Crippen molar-refractivity contribution in [1.29, 1.82) is 0 Å². The highest BCUT2D eigenvalue weighted by molar-refractivity contribution is 6.32. The van der Waals surface area contributed by atoms with Gasteiger partial charge in [-0.25, -0.2) is 0 Å². The Labute approximate surface area is 178 Å². The normalized spacial score (nSPS) is 17.2. The fraction of sp³-hybridized carbons (Fsp3) is 0.333. The van der Waals surface area contributed by atoms with Crippen LogP contribution >= 0.6 is 11.6 Å². The Kier molecular flexibility index (Phi) is 4.38. The second kappa shape index (κ2) is 6.72. The van der Waals surface area contributed by atoms with Crippen molar-refractivity contribution in [3.8, 4) is 22.3 Å². The Morgan fingerprint density at radius 2 is 1.38 bits per heavy atom. The third-order valence-electron chi connectivity index (χ3n) is 6.91. The van der Waals surface area contributed by atoms with Crippen LogP contribution in [0.2, 0.25) is 5.02 Å². The summed E-state index contributed by atoms with van der Waals surface area (Å²) in [7, 11) is 0. The molecule has 0 heterocycles. The molecular weight excluding hydrogens is 376 g/mol. The van der Waals surface area contributed by atoms with E-state index in [0.717, 1.165) is 11.1 Å². The molecule has 1 fully saturated rings. The molecule has 0 radical (unpaired) electrons. The molecule has 0 unspecified atom stereocenters. The second-order valence-corrected chi connectivity index (χ2v) is 9.55. The van der Waals surface area contributed by atoms with E-state index in [9.17, 15) is 5.11 Å². The van der Waals surface area contributed by atoms with Gasteiger partial charge in [-0.05, 0) is 66.1 Å². The van der Waals surface area contributed by atoms with Gasteiger partial charge in [-0.2, -0.15) is 0 Å². The molecule has 1 spiro atoms. The molecule has 5 rings (SSSR count). The fourth-order valence-electron chi connectivity index (χ4n) is 5.79. The van der Waals surface area contributed by atoms with E-state index in [1.165, 1.54) is 59.9 Å². The van der Waals surface area contributed by atoms with Crippen molar-refractivity contribution >= 4 is 11.6 Å². The molecule has 148 valence electrons. The Hall–Kier alpha value is -2.09. The van der Waals surface area contributed by atoms with Crippen molar-refractivity contribution in [2.45, 2.75) is 57.0 Å². The van der Waals surface area contributed by atoms with Crippen LogP contribution in [0.5, 0.6) is 0 Å². The maximum Gasteiger partial charge on any atom is 0.0860 e. The highest BCUT2D eigenvalue weighted by atomic mass is 35.5. The van der Waals surface area contributed by atoms with E-state index in [1.807, 2.05) is 26.0 Å². The molecule has 0 atom stereocenters. The zero-order valence-corrected chi connectivity index (χ0v) is 17.9. The lowest BCUT2D eigenvalue weighted by Crippen LogP contribution is -2.28. The van der Waals surface area contributed by atoms with Gasteiger partial charge in [-0.3, -0.25) is 0 Å². The number of aliphatic hydroxyl groups is 1. The highest BCUT2D eigenvalue weighted by Crippen LogP contribution is 2.58. The molecule has 0 amide bonds. The first-order valence-corrected chi connectivity index (χ1v) is 11.1. The molecule has 0 aromatic heterocycles. The Balaban J connectivity index is 1.84. The van der Waals surface area contributed by atoms with Crippen molar-refractivity contribution in [2.24, 2.45) is 0 Å². The molecule has 2 heteroatoms. The number of rotatable bonds is 2. The molecule has 3 aromatic rings.